The van der Waals surface area contributed by atoms with Crippen molar-refractivity contribution in [2.24, 2.45) is 5.92 Å². The molecule has 2 nitrogen and oxygen atoms in total. The average Bonchev–Trinajstić information content (AvgIpc) is 3.14. The Morgan fingerprint density at radius 1 is 1.35 bits per heavy atom. The molecule has 1 saturated carbocycles. The third-order valence-electron chi connectivity index (χ3n) is 3.74. The summed E-state index contributed by atoms with van der Waals surface area (Å²) in [6.45, 7) is 3.16. The van der Waals surface area contributed by atoms with Gasteiger partial charge >= 0.3 is 0 Å². The molecule has 1 aromatic rings. The lowest BCUT2D eigenvalue weighted by Crippen LogP contribution is -2.47. The Morgan fingerprint density at radius 3 is 2.88 bits per heavy atom. The molecule has 2 aliphatic rings. The van der Waals surface area contributed by atoms with Crippen molar-refractivity contribution < 1.29 is 4.74 Å². The first-order valence-corrected chi connectivity index (χ1v) is 6.76. The van der Waals surface area contributed by atoms with E-state index in [1.807, 2.05) is 18.2 Å². The zero-order valence-electron chi connectivity index (χ0n) is 10.0. The maximum atomic E-state index is 6.24. The predicted molar refractivity (Wildman–Crippen MR) is 69.3 cm³/mol. The molecule has 1 aromatic carbocycles. The van der Waals surface area contributed by atoms with Crippen molar-refractivity contribution in [3.8, 4) is 0 Å². The van der Waals surface area contributed by atoms with Crippen molar-refractivity contribution in [2.45, 2.75) is 38.0 Å². The van der Waals surface area contributed by atoms with Crippen LogP contribution in [-0.2, 0) is 4.74 Å². The molecule has 0 bridgehead atoms. The van der Waals surface area contributed by atoms with Crippen molar-refractivity contribution in [3.63, 3.8) is 0 Å². The summed E-state index contributed by atoms with van der Waals surface area (Å²) in [6.07, 6.45) is 3.16. The molecule has 0 radical (unpaired) electrons. The van der Waals surface area contributed by atoms with E-state index in [-0.39, 0.29) is 6.10 Å². The van der Waals surface area contributed by atoms with E-state index >= 15 is 0 Å². The number of hydrogen-bond acceptors (Lipinski definition) is 2. The molecule has 0 amide bonds. The van der Waals surface area contributed by atoms with Crippen LogP contribution in [0.2, 0.25) is 5.02 Å². The largest absolute Gasteiger partial charge is 0.367 e. The van der Waals surface area contributed by atoms with Crippen LogP contribution in [0.3, 0.4) is 0 Å². The quantitative estimate of drug-likeness (QED) is 0.872. The molecule has 3 heteroatoms. The van der Waals surface area contributed by atoms with Gasteiger partial charge < -0.3 is 10.1 Å². The maximum Gasteiger partial charge on any atom is 0.0980 e. The average molecular weight is 252 g/mol. The Morgan fingerprint density at radius 2 is 2.18 bits per heavy atom. The molecule has 1 saturated heterocycles. The number of benzene rings is 1. The van der Waals surface area contributed by atoms with Gasteiger partial charge in [0.1, 0.15) is 0 Å². The van der Waals surface area contributed by atoms with E-state index < -0.39 is 0 Å². The van der Waals surface area contributed by atoms with Gasteiger partial charge in [0.15, 0.2) is 0 Å². The van der Waals surface area contributed by atoms with Crippen molar-refractivity contribution in [3.05, 3.63) is 34.9 Å². The molecule has 3 atom stereocenters. The molecule has 1 aliphatic heterocycles. The van der Waals surface area contributed by atoms with Gasteiger partial charge in [-0.25, -0.2) is 0 Å². The van der Waals surface area contributed by atoms with E-state index in [2.05, 4.69) is 18.3 Å². The van der Waals surface area contributed by atoms with Gasteiger partial charge in [-0.2, -0.15) is 0 Å². The lowest BCUT2D eigenvalue weighted by atomic mass is 10.00. The lowest BCUT2D eigenvalue weighted by molar-refractivity contribution is -0.0707. The predicted octanol–water partition coefficient (Wildman–Crippen LogP) is 3.17. The topological polar surface area (TPSA) is 21.3 Å². The Balaban J connectivity index is 1.79. The molecular formula is C14H18ClNO. The second kappa shape index (κ2) is 4.60. The molecule has 3 unspecified atom stereocenters. The highest BCUT2D eigenvalue weighted by Gasteiger charge is 2.38. The fraction of sp³-hybridized carbons (Fsp3) is 0.571. The molecule has 3 rings (SSSR count). The molecule has 17 heavy (non-hydrogen) atoms. The molecular weight excluding hydrogens is 234 g/mol. The van der Waals surface area contributed by atoms with Crippen molar-refractivity contribution in [1.82, 2.24) is 5.32 Å². The summed E-state index contributed by atoms with van der Waals surface area (Å²) in [5.41, 5.74) is 1.18. The summed E-state index contributed by atoms with van der Waals surface area (Å²) >= 11 is 6.05. The fourth-order valence-electron chi connectivity index (χ4n) is 2.56. The van der Waals surface area contributed by atoms with Crippen LogP contribution in [0.15, 0.2) is 24.3 Å². The van der Waals surface area contributed by atoms with E-state index in [9.17, 15) is 0 Å². The summed E-state index contributed by atoms with van der Waals surface area (Å²) in [7, 11) is 0. The Kier molecular flexibility index (Phi) is 3.12. The minimum absolute atomic E-state index is 0.132. The summed E-state index contributed by atoms with van der Waals surface area (Å²) in [5.74, 6) is 0.775. The Hall–Kier alpha value is -0.570. The highest BCUT2D eigenvalue weighted by molar-refractivity contribution is 6.30. The number of halogens is 1. The van der Waals surface area contributed by atoms with Gasteiger partial charge in [-0.05, 0) is 43.4 Å². The monoisotopic (exact) mass is 251 g/mol. The van der Waals surface area contributed by atoms with Crippen molar-refractivity contribution >= 4 is 11.6 Å². The van der Waals surface area contributed by atoms with E-state index in [1.54, 1.807) is 0 Å². The van der Waals surface area contributed by atoms with Gasteiger partial charge in [0.2, 0.25) is 0 Å². The second-order valence-electron chi connectivity index (χ2n) is 5.18. The van der Waals surface area contributed by atoms with Crippen LogP contribution in [0.5, 0.6) is 0 Å². The van der Waals surface area contributed by atoms with Gasteiger partial charge in [0, 0.05) is 17.6 Å². The highest BCUT2D eigenvalue weighted by atomic mass is 35.5. The number of morpholine rings is 1. The maximum absolute atomic E-state index is 6.24. The summed E-state index contributed by atoms with van der Waals surface area (Å²) < 4.78 is 6.24. The minimum atomic E-state index is 0.132. The fourth-order valence-corrected chi connectivity index (χ4v) is 2.76. The number of nitrogens with one attached hydrogen (secondary N) is 1. The van der Waals surface area contributed by atoms with E-state index in [0.717, 1.165) is 17.5 Å². The molecule has 0 aromatic heterocycles. The minimum Gasteiger partial charge on any atom is -0.367 e. The van der Waals surface area contributed by atoms with E-state index in [4.69, 9.17) is 16.3 Å². The normalized spacial score (nSPS) is 33.6. The molecule has 2 fully saturated rings. The van der Waals surface area contributed by atoms with Crippen LogP contribution in [0.25, 0.3) is 0 Å². The van der Waals surface area contributed by atoms with Crippen LogP contribution in [0.4, 0.5) is 0 Å². The SMILES string of the molecule is CC1NCC(C2CC2)OC1c1cccc(Cl)c1. The highest BCUT2D eigenvalue weighted by Crippen LogP contribution is 2.39. The number of ether oxygens (including phenoxy) is 1. The molecule has 1 N–H and O–H groups in total. The summed E-state index contributed by atoms with van der Waals surface area (Å²) in [5, 5.41) is 4.34. The van der Waals surface area contributed by atoms with Crippen LogP contribution in [-0.4, -0.2) is 18.7 Å². The van der Waals surface area contributed by atoms with Gasteiger partial charge in [0.05, 0.1) is 12.2 Å². The Labute approximate surface area is 107 Å². The molecule has 1 heterocycles. The van der Waals surface area contributed by atoms with Crippen LogP contribution in [0, 0.1) is 5.92 Å². The van der Waals surface area contributed by atoms with E-state index in [1.165, 1.54) is 18.4 Å². The van der Waals surface area contributed by atoms with Crippen LogP contribution in [0.1, 0.15) is 31.4 Å². The second-order valence-corrected chi connectivity index (χ2v) is 5.62. The summed E-state index contributed by atoms with van der Waals surface area (Å²) in [4.78, 5) is 0. The number of hydrogen-bond donors (Lipinski definition) is 1. The first-order chi connectivity index (χ1) is 8.24. The zero-order valence-corrected chi connectivity index (χ0v) is 10.8. The Bertz CT molecular complexity index is 405. The zero-order chi connectivity index (χ0) is 11.8. The summed E-state index contributed by atoms with van der Waals surface area (Å²) in [6, 6.07) is 8.37. The van der Waals surface area contributed by atoms with Gasteiger partial charge in [-0.1, -0.05) is 23.7 Å². The van der Waals surface area contributed by atoms with Gasteiger partial charge in [-0.15, -0.1) is 0 Å². The number of rotatable bonds is 2. The van der Waals surface area contributed by atoms with Crippen LogP contribution < -0.4 is 5.32 Å². The van der Waals surface area contributed by atoms with Gasteiger partial charge in [0.25, 0.3) is 0 Å². The van der Waals surface area contributed by atoms with E-state index in [0.29, 0.717) is 12.1 Å². The van der Waals surface area contributed by atoms with Crippen molar-refractivity contribution in [1.29, 1.82) is 0 Å². The van der Waals surface area contributed by atoms with Gasteiger partial charge in [-0.3, -0.25) is 0 Å². The molecule has 0 spiro atoms. The first kappa shape index (κ1) is 11.5. The lowest BCUT2D eigenvalue weighted by Gasteiger charge is -2.36. The standard InChI is InChI=1S/C14H18ClNO/c1-9-14(11-3-2-4-12(15)7-11)17-13(8-16-9)10-5-6-10/h2-4,7,9-10,13-14,16H,5-6,8H2,1H3. The van der Waals surface area contributed by atoms with Crippen LogP contribution >= 0.6 is 11.6 Å². The first-order valence-electron chi connectivity index (χ1n) is 6.38. The molecule has 1 aliphatic carbocycles. The third-order valence-corrected chi connectivity index (χ3v) is 3.98. The van der Waals surface area contributed by atoms with Crippen molar-refractivity contribution in [2.75, 3.05) is 6.54 Å². The molecule has 92 valence electrons. The smallest absolute Gasteiger partial charge is 0.0980 e. The third kappa shape index (κ3) is 2.49.